The number of urea groups is 2. The van der Waals surface area contributed by atoms with E-state index in [0.29, 0.717) is 31.0 Å². The standard InChI is InChI=1S/C25H30FN5O3/c26-18-6-8-20(9-7-18)28-25(34)30-13-16-12-17(15-30)23-21(10-11-22(32)31(23)14-16)29-24(33)27-19-4-2-1-3-5-19/h6-11,16-17,19H,1-5,12-15H2,(H,28,34)(H2,27,29,33)/t16-,17-/m1/s1. The summed E-state index contributed by atoms with van der Waals surface area (Å²) in [5, 5.41) is 8.86. The molecule has 34 heavy (non-hydrogen) atoms. The second-order valence-corrected chi connectivity index (χ2v) is 9.66. The van der Waals surface area contributed by atoms with E-state index in [1.54, 1.807) is 15.5 Å². The fourth-order valence-corrected chi connectivity index (χ4v) is 5.61. The summed E-state index contributed by atoms with van der Waals surface area (Å²) in [5.41, 5.74) is 1.84. The Morgan fingerprint density at radius 3 is 2.44 bits per heavy atom. The van der Waals surface area contributed by atoms with Gasteiger partial charge in [0, 0.05) is 49.0 Å². The maximum Gasteiger partial charge on any atom is 0.321 e. The average Bonchev–Trinajstić information content (AvgIpc) is 2.83. The summed E-state index contributed by atoms with van der Waals surface area (Å²) in [4.78, 5) is 40.0. The fraction of sp³-hybridized carbons (Fsp3) is 0.480. The molecule has 2 bridgehead atoms. The van der Waals surface area contributed by atoms with Crippen LogP contribution in [0, 0.1) is 11.7 Å². The van der Waals surface area contributed by atoms with Crippen molar-refractivity contribution in [3.63, 3.8) is 0 Å². The molecule has 2 atom stereocenters. The maximum absolute atomic E-state index is 13.2. The van der Waals surface area contributed by atoms with Gasteiger partial charge in [-0.25, -0.2) is 14.0 Å². The third kappa shape index (κ3) is 4.78. The molecule has 1 aromatic heterocycles. The second kappa shape index (κ2) is 9.48. The highest BCUT2D eigenvalue weighted by molar-refractivity contribution is 5.91. The van der Waals surface area contributed by atoms with Gasteiger partial charge in [-0.05, 0) is 55.5 Å². The van der Waals surface area contributed by atoms with Gasteiger partial charge >= 0.3 is 12.1 Å². The molecule has 2 fully saturated rings. The van der Waals surface area contributed by atoms with Crippen LogP contribution in [0.3, 0.4) is 0 Å². The zero-order valence-electron chi connectivity index (χ0n) is 19.1. The molecule has 5 rings (SSSR count). The first kappa shape index (κ1) is 22.4. The van der Waals surface area contributed by atoms with Crippen molar-refractivity contribution in [1.29, 1.82) is 0 Å². The lowest BCUT2D eigenvalue weighted by atomic mass is 9.82. The number of carbonyl (C=O) groups is 2. The lowest BCUT2D eigenvalue weighted by molar-refractivity contribution is 0.140. The lowest BCUT2D eigenvalue weighted by Crippen LogP contribution is -2.50. The molecule has 3 heterocycles. The zero-order chi connectivity index (χ0) is 23.7. The molecule has 0 unspecified atom stereocenters. The Morgan fingerprint density at radius 2 is 1.68 bits per heavy atom. The van der Waals surface area contributed by atoms with E-state index in [0.717, 1.165) is 37.8 Å². The topological polar surface area (TPSA) is 95.5 Å². The van der Waals surface area contributed by atoms with Gasteiger partial charge in [-0.1, -0.05) is 19.3 Å². The quantitative estimate of drug-likeness (QED) is 0.634. The molecule has 1 aromatic carbocycles. The number of hydrogen-bond acceptors (Lipinski definition) is 3. The van der Waals surface area contributed by atoms with Gasteiger partial charge in [-0.2, -0.15) is 0 Å². The van der Waals surface area contributed by atoms with Crippen LogP contribution < -0.4 is 21.5 Å². The highest BCUT2D eigenvalue weighted by Gasteiger charge is 2.38. The minimum absolute atomic E-state index is 0.0645. The Bertz CT molecular complexity index is 1130. The molecule has 9 heteroatoms. The van der Waals surface area contributed by atoms with Gasteiger partial charge in [0.05, 0.1) is 5.69 Å². The van der Waals surface area contributed by atoms with E-state index < -0.39 is 0 Å². The SMILES string of the molecule is O=C(Nc1ccc(=O)n2c1[C@@H]1C[C@H](CN(C(=O)Nc3ccc(F)cc3)C1)C2)NC1CCCCC1. The van der Waals surface area contributed by atoms with Crippen LogP contribution in [0.1, 0.15) is 50.1 Å². The van der Waals surface area contributed by atoms with Crippen molar-refractivity contribution in [2.24, 2.45) is 5.92 Å². The zero-order valence-corrected chi connectivity index (χ0v) is 19.1. The van der Waals surface area contributed by atoms with E-state index in [1.165, 1.54) is 36.8 Å². The Kier molecular flexibility index (Phi) is 6.26. The number of nitrogens with zero attached hydrogens (tertiary/aromatic N) is 2. The lowest BCUT2D eigenvalue weighted by Gasteiger charge is -2.43. The Morgan fingerprint density at radius 1 is 0.912 bits per heavy atom. The smallest absolute Gasteiger partial charge is 0.321 e. The number of rotatable bonds is 3. The van der Waals surface area contributed by atoms with Crippen LogP contribution in [0.15, 0.2) is 41.2 Å². The number of carbonyl (C=O) groups excluding carboxylic acids is 2. The minimum atomic E-state index is -0.361. The number of amides is 4. The van der Waals surface area contributed by atoms with Gasteiger partial charge in [-0.15, -0.1) is 0 Å². The van der Waals surface area contributed by atoms with Crippen LogP contribution in [-0.2, 0) is 6.54 Å². The second-order valence-electron chi connectivity index (χ2n) is 9.66. The summed E-state index contributed by atoms with van der Waals surface area (Å²) in [6.45, 7) is 1.48. The molecule has 2 aromatic rings. The molecule has 180 valence electrons. The van der Waals surface area contributed by atoms with Crippen LogP contribution in [0.4, 0.5) is 25.4 Å². The number of hydrogen-bond donors (Lipinski definition) is 3. The average molecular weight is 468 g/mol. The number of pyridine rings is 1. The van der Waals surface area contributed by atoms with Crippen molar-refractivity contribution in [1.82, 2.24) is 14.8 Å². The van der Waals surface area contributed by atoms with E-state index in [2.05, 4.69) is 16.0 Å². The summed E-state index contributed by atoms with van der Waals surface area (Å²) in [6.07, 6.45) is 6.29. The molecular formula is C25H30FN5O3. The molecule has 0 radical (unpaired) electrons. The molecule has 0 spiro atoms. The van der Waals surface area contributed by atoms with Gasteiger partial charge in [-0.3, -0.25) is 4.79 Å². The number of likely N-dealkylation sites (tertiary alicyclic amines) is 1. The highest BCUT2D eigenvalue weighted by Crippen LogP contribution is 2.38. The number of anilines is 2. The van der Waals surface area contributed by atoms with Gasteiger partial charge in [0.2, 0.25) is 0 Å². The van der Waals surface area contributed by atoms with Gasteiger partial charge < -0.3 is 25.4 Å². The van der Waals surface area contributed by atoms with E-state index in [9.17, 15) is 18.8 Å². The van der Waals surface area contributed by atoms with Crippen LogP contribution in [0.2, 0.25) is 0 Å². The van der Waals surface area contributed by atoms with Crippen molar-refractivity contribution in [2.45, 2.75) is 57.0 Å². The molecule has 1 saturated heterocycles. The fourth-order valence-electron chi connectivity index (χ4n) is 5.61. The van der Waals surface area contributed by atoms with Gasteiger partial charge in [0.25, 0.3) is 5.56 Å². The summed E-state index contributed by atoms with van der Waals surface area (Å²) in [7, 11) is 0. The van der Waals surface area contributed by atoms with Gasteiger partial charge in [0.1, 0.15) is 5.82 Å². The third-order valence-electron chi connectivity index (χ3n) is 7.16. The first-order valence-corrected chi connectivity index (χ1v) is 12.1. The van der Waals surface area contributed by atoms with Crippen LogP contribution in [0.25, 0.3) is 0 Å². The van der Waals surface area contributed by atoms with E-state index >= 15 is 0 Å². The number of nitrogens with one attached hydrogen (secondary N) is 3. The summed E-state index contributed by atoms with van der Waals surface area (Å²) in [6, 6.07) is 8.51. The number of benzene rings is 1. The molecular weight excluding hydrogens is 437 g/mol. The van der Waals surface area contributed by atoms with E-state index in [1.807, 2.05) is 0 Å². The first-order valence-electron chi connectivity index (χ1n) is 12.1. The van der Waals surface area contributed by atoms with Crippen LogP contribution >= 0.6 is 0 Å². The number of piperidine rings is 1. The van der Waals surface area contributed by atoms with Crippen LogP contribution in [-0.4, -0.2) is 40.7 Å². The van der Waals surface area contributed by atoms with E-state index in [-0.39, 0.29) is 41.3 Å². The normalized spacial score (nSPS) is 22.0. The summed E-state index contributed by atoms with van der Waals surface area (Å²) in [5.74, 6) is -0.278. The third-order valence-corrected chi connectivity index (χ3v) is 7.16. The number of aromatic nitrogens is 1. The molecule has 1 aliphatic carbocycles. The largest absolute Gasteiger partial charge is 0.335 e. The van der Waals surface area contributed by atoms with E-state index in [4.69, 9.17) is 0 Å². The molecule has 1 saturated carbocycles. The van der Waals surface area contributed by atoms with Crippen LogP contribution in [0.5, 0.6) is 0 Å². The molecule has 8 nitrogen and oxygen atoms in total. The number of halogens is 1. The predicted molar refractivity (Wildman–Crippen MR) is 128 cm³/mol. The summed E-state index contributed by atoms with van der Waals surface area (Å²) < 4.78 is 14.9. The Hall–Kier alpha value is -3.36. The summed E-state index contributed by atoms with van der Waals surface area (Å²) >= 11 is 0. The first-order chi connectivity index (χ1) is 16.5. The van der Waals surface area contributed by atoms with Crippen molar-refractivity contribution in [3.05, 3.63) is 58.3 Å². The highest BCUT2D eigenvalue weighted by atomic mass is 19.1. The van der Waals surface area contributed by atoms with Crippen molar-refractivity contribution < 1.29 is 14.0 Å². The monoisotopic (exact) mass is 467 g/mol. The van der Waals surface area contributed by atoms with Crippen molar-refractivity contribution in [2.75, 3.05) is 23.7 Å². The predicted octanol–water partition coefficient (Wildman–Crippen LogP) is 4.09. The molecule has 3 aliphatic rings. The molecule has 2 aliphatic heterocycles. The van der Waals surface area contributed by atoms with Crippen molar-refractivity contribution >= 4 is 23.4 Å². The molecule has 4 amide bonds. The Balaban J connectivity index is 1.32. The maximum atomic E-state index is 13.2. The number of fused-ring (bicyclic) bond motifs is 4. The molecule has 3 N–H and O–H groups in total. The van der Waals surface area contributed by atoms with Gasteiger partial charge in [0.15, 0.2) is 0 Å². The minimum Gasteiger partial charge on any atom is -0.335 e. The van der Waals surface area contributed by atoms with Crippen molar-refractivity contribution in [3.8, 4) is 0 Å². The Labute approximate surface area is 197 Å².